The molecular formula is C18H27N3O3. The SMILES string of the molecule is CC(C)C[C@@H]1NC(=O)N(C[C@H](O)CN(C)Cc2ccccc2)C1=O. The van der Waals surface area contributed by atoms with Gasteiger partial charge in [0.25, 0.3) is 5.91 Å². The number of urea groups is 1. The third-order valence-electron chi connectivity index (χ3n) is 4.03. The second kappa shape index (κ2) is 8.26. The number of imide groups is 1. The quantitative estimate of drug-likeness (QED) is 0.706. The number of carbonyl (C=O) groups is 2. The molecule has 0 aliphatic carbocycles. The van der Waals surface area contributed by atoms with Crippen molar-refractivity contribution in [3.63, 3.8) is 0 Å². The third kappa shape index (κ3) is 5.04. The largest absolute Gasteiger partial charge is 0.390 e. The van der Waals surface area contributed by atoms with E-state index in [2.05, 4.69) is 5.32 Å². The summed E-state index contributed by atoms with van der Waals surface area (Å²) in [6.07, 6.45) is -0.156. The van der Waals surface area contributed by atoms with Crippen molar-refractivity contribution in [3.05, 3.63) is 35.9 Å². The average molecular weight is 333 g/mol. The summed E-state index contributed by atoms with van der Waals surface area (Å²) < 4.78 is 0. The minimum Gasteiger partial charge on any atom is -0.390 e. The second-order valence-electron chi connectivity index (χ2n) is 6.92. The van der Waals surface area contributed by atoms with Gasteiger partial charge < -0.3 is 10.4 Å². The maximum atomic E-state index is 12.3. The maximum Gasteiger partial charge on any atom is 0.324 e. The number of rotatable bonds is 8. The molecule has 1 heterocycles. The molecule has 2 atom stereocenters. The van der Waals surface area contributed by atoms with E-state index in [4.69, 9.17) is 0 Å². The van der Waals surface area contributed by atoms with Crippen molar-refractivity contribution >= 4 is 11.9 Å². The Balaban J connectivity index is 1.84. The van der Waals surface area contributed by atoms with E-state index in [1.54, 1.807) is 0 Å². The normalized spacial score (nSPS) is 19.2. The summed E-state index contributed by atoms with van der Waals surface area (Å²) in [6, 6.07) is 9.09. The molecule has 6 nitrogen and oxygen atoms in total. The highest BCUT2D eigenvalue weighted by molar-refractivity contribution is 6.04. The van der Waals surface area contributed by atoms with Crippen molar-refractivity contribution in [2.45, 2.75) is 39.0 Å². The Morgan fingerprint density at radius 3 is 2.54 bits per heavy atom. The molecule has 1 aromatic rings. The van der Waals surface area contributed by atoms with Crippen LogP contribution in [0.5, 0.6) is 0 Å². The first-order valence-electron chi connectivity index (χ1n) is 8.39. The predicted molar refractivity (Wildman–Crippen MR) is 92.3 cm³/mol. The number of nitrogens with zero attached hydrogens (tertiary/aromatic N) is 2. The molecule has 3 amide bonds. The number of hydrogen-bond acceptors (Lipinski definition) is 4. The van der Waals surface area contributed by atoms with Crippen LogP contribution in [0.2, 0.25) is 0 Å². The van der Waals surface area contributed by atoms with Gasteiger partial charge in [0.15, 0.2) is 0 Å². The molecule has 2 N–H and O–H groups in total. The van der Waals surface area contributed by atoms with Gasteiger partial charge in [0.2, 0.25) is 0 Å². The summed E-state index contributed by atoms with van der Waals surface area (Å²) in [5, 5.41) is 12.9. The van der Waals surface area contributed by atoms with Crippen LogP contribution in [0.4, 0.5) is 4.79 Å². The van der Waals surface area contributed by atoms with E-state index in [0.29, 0.717) is 25.4 Å². The molecule has 1 aliphatic heterocycles. The van der Waals surface area contributed by atoms with Crippen LogP contribution in [0.3, 0.4) is 0 Å². The number of aliphatic hydroxyl groups is 1. The molecule has 24 heavy (non-hydrogen) atoms. The van der Waals surface area contributed by atoms with Crippen molar-refractivity contribution in [3.8, 4) is 0 Å². The summed E-state index contributed by atoms with van der Waals surface area (Å²) in [4.78, 5) is 27.3. The van der Waals surface area contributed by atoms with Crippen LogP contribution in [0.15, 0.2) is 30.3 Å². The van der Waals surface area contributed by atoms with Gasteiger partial charge in [-0.2, -0.15) is 0 Å². The van der Waals surface area contributed by atoms with Crippen molar-refractivity contribution in [1.82, 2.24) is 15.1 Å². The van der Waals surface area contributed by atoms with Crippen molar-refractivity contribution in [2.75, 3.05) is 20.1 Å². The lowest BCUT2D eigenvalue weighted by molar-refractivity contribution is -0.128. The van der Waals surface area contributed by atoms with Crippen LogP contribution in [-0.2, 0) is 11.3 Å². The smallest absolute Gasteiger partial charge is 0.324 e. The molecule has 1 saturated heterocycles. The van der Waals surface area contributed by atoms with Crippen molar-refractivity contribution in [2.24, 2.45) is 5.92 Å². The Labute approximate surface area is 143 Å². The molecule has 1 aromatic carbocycles. The van der Waals surface area contributed by atoms with Crippen LogP contribution in [0.25, 0.3) is 0 Å². The first-order chi connectivity index (χ1) is 11.4. The molecule has 0 unspecified atom stereocenters. The number of benzene rings is 1. The Bertz CT molecular complexity index is 562. The summed E-state index contributed by atoms with van der Waals surface area (Å²) in [7, 11) is 1.91. The maximum absolute atomic E-state index is 12.3. The van der Waals surface area contributed by atoms with E-state index < -0.39 is 18.2 Å². The highest BCUT2D eigenvalue weighted by Gasteiger charge is 2.38. The number of carbonyl (C=O) groups excluding carboxylic acids is 2. The van der Waals surface area contributed by atoms with Crippen molar-refractivity contribution < 1.29 is 14.7 Å². The Morgan fingerprint density at radius 2 is 1.92 bits per heavy atom. The van der Waals surface area contributed by atoms with Crippen LogP contribution in [-0.4, -0.2) is 59.1 Å². The van der Waals surface area contributed by atoms with Gasteiger partial charge in [-0.15, -0.1) is 0 Å². The van der Waals surface area contributed by atoms with Gasteiger partial charge in [-0.25, -0.2) is 4.79 Å². The highest BCUT2D eigenvalue weighted by Crippen LogP contribution is 2.15. The van der Waals surface area contributed by atoms with E-state index in [9.17, 15) is 14.7 Å². The van der Waals surface area contributed by atoms with Crippen LogP contribution >= 0.6 is 0 Å². The zero-order chi connectivity index (χ0) is 17.7. The van der Waals surface area contributed by atoms with E-state index in [1.807, 2.05) is 56.1 Å². The van der Waals surface area contributed by atoms with Crippen LogP contribution in [0, 0.1) is 5.92 Å². The third-order valence-corrected chi connectivity index (χ3v) is 4.03. The Morgan fingerprint density at radius 1 is 1.25 bits per heavy atom. The molecule has 0 aromatic heterocycles. The molecule has 132 valence electrons. The summed E-state index contributed by atoms with van der Waals surface area (Å²) in [5.74, 6) is 0.0830. The number of hydrogen-bond donors (Lipinski definition) is 2. The van der Waals surface area contributed by atoms with Crippen LogP contribution in [0.1, 0.15) is 25.8 Å². The number of β-amino-alcohol motifs (C(OH)–C–C–N with tert-alkyl or cyclic N) is 1. The monoisotopic (exact) mass is 333 g/mol. The van der Waals surface area contributed by atoms with Gasteiger partial charge in [-0.1, -0.05) is 44.2 Å². The molecule has 2 rings (SSSR count). The number of nitrogens with one attached hydrogen (secondary N) is 1. The minimum atomic E-state index is -0.772. The fraction of sp³-hybridized carbons (Fsp3) is 0.556. The fourth-order valence-corrected chi connectivity index (χ4v) is 2.97. The van der Waals surface area contributed by atoms with E-state index in [0.717, 1.165) is 10.5 Å². The van der Waals surface area contributed by atoms with Gasteiger partial charge in [-0.05, 0) is 24.9 Å². The zero-order valence-electron chi connectivity index (χ0n) is 14.6. The molecule has 1 aliphatic rings. The topological polar surface area (TPSA) is 72.9 Å². The van der Waals surface area contributed by atoms with E-state index >= 15 is 0 Å². The Hall–Kier alpha value is -1.92. The summed E-state index contributed by atoms with van der Waals surface area (Å²) in [6.45, 7) is 5.14. The summed E-state index contributed by atoms with van der Waals surface area (Å²) >= 11 is 0. The van der Waals surface area contributed by atoms with Gasteiger partial charge in [0.05, 0.1) is 12.6 Å². The Kier molecular flexibility index (Phi) is 6.34. The molecule has 6 heteroatoms. The first kappa shape index (κ1) is 18.4. The molecule has 0 saturated carbocycles. The lowest BCUT2D eigenvalue weighted by Gasteiger charge is -2.23. The van der Waals surface area contributed by atoms with E-state index in [-0.39, 0.29) is 12.5 Å². The predicted octanol–water partition coefficient (Wildman–Crippen LogP) is 1.45. The van der Waals surface area contributed by atoms with Gasteiger partial charge in [-0.3, -0.25) is 14.6 Å². The second-order valence-corrected chi connectivity index (χ2v) is 6.92. The standard InChI is InChI=1S/C18H27N3O3/c1-13(2)9-16-17(23)21(18(24)19-16)12-15(22)11-20(3)10-14-7-5-4-6-8-14/h4-8,13,15-16,22H,9-12H2,1-3H3,(H,19,24)/t15-,16+/m1/s1. The molecule has 0 radical (unpaired) electrons. The molecule has 0 bridgehead atoms. The average Bonchev–Trinajstić information content (AvgIpc) is 2.75. The number of amides is 3. The molecule has 0 spiro atoms. The highest BCUT2D eigenvalue weighted by atomic mass is 16.3. The minimum absolute atomic E-state index is 0.0262. The molecule has 1 fully saturated rings. The lowest BCUT2D eigenvalue weighted by atomic mass is 10.0. The van der Waals surface area contributed by atoms with E-state index in [1.165, 1.54) is 0 Å². The molecular weight excluding hydrogens is 306 g/mol. The van der Waals surface area contributed by atoms with Gasteiger partial charge in [0.1, 0.15) is 6.04 Å². The fourth-order valence-electron chi connectivity index (χ4n) is 2.97. The number of aliphatic hydroxyl groups excluding tert-OH is 1. The lowest BCUT2D eigenvalue weighted by Crippen LogP contribution is -2.42. The van der Waals surface area contributed by atoms with Crippen LogP contribution < -0.4 is 5.32 Å². The first-order valence-corrected chi connectivity index (χ1v) is 8.39. The van der Waals surface area contributed by atoms with Gasteiger partial charge in [0, 0.05) is 13.1 Å². The summed E-state index contributed by atoms with van der Waals surface area (Å²) in [5.41, 5.74) is 1.15. The zero-order valence-corrected chi connectivity index (χ0v) is 14.6. The number of likely N-dealkylation sites (N-methyl/N-ethyl adjacent to an activating group) is 1. The van der Waals surface area contributed by atoms with Crippen molar-refractivity contribution in [1.29, 1.82) is 0 Å². The van der Waals surface area contributed by atoms with Gasteiger partial charge >= 0.3 is 6.03 Å².